The summed E-state index contributed by atoms with van der Waals surface area (Å²) < 4.78 is 11.1. The van der Waals surface area contributed by atoms with Gasteiger partial charge in [0.25, 0.3) is 0 Å². The maximum Gasteiger partial charge on any atom is 0.162 e. The first-order chi connectivity index (χ1) is 13.8. The lowest BCUT2D eigenvalue weighted by molar-refractivity contribution is 0.207. The number of benzene rings is 2. The van der Waals surface area contributed by atoms with Crippen molar-refractivity contribution in [3.8, 4) is 11.5 Å². The number of aromatic nitrogens is 1. The molecule has 1 aliphatic carbocycles. The van der Waals surface area contributed by atoms with Crippen molar-refractivity contribution in [2.75, 3.05) is 32.6 Å². The summed E-state index contributed by atoms with van der Waals surface area (Å²) in [6.45, 7) is 2.36. The van der Waals surface area contributed by atoms with Crippen LogP contribution in [0.15, 0.2) is 36.4 Å². The fourth-order valence-corrected chi connectivity index (χ4v) is 4.47. The third-order valence-electron chi connectivity index (χ3n) is 6.05. The number of likely N-dealkylation sites (tertiary alicyclic amines) is 1. The predicted molar refractivity (Wildman–Crippen MR) is 114 cm³/mol. The van der Waals surface area contributed by atoms with Crippen LogP contribution >= 0.6 is 0 Å². The van der Waals surface area contributed by atoms with E-state index >= 15 is 0 Å². The Morgan fingerprint density at radius 3 is 2.54 bits per heavy atom. The Balaban J connectivity index is 1.61. The molecular weight excluding hydrogens is 350 g/mol. The van der Waals surface area contributed by atoms with Crippen molar-refractivity contribution in [3.05, 3.63) is 36.4 Å². The van der Waals surface area contributed by atoms with Gasteiger partial charge in [0.1, 0.15) is 0 Å². The molecule has 146 valence electrons. The molecule has 2 aromatic carbocycles. The number of hydrogen-bond acceptors (Lipinski definition) is 5. The number of nitrogens with one attached hydrogen (secondary N) is 1. The summed E-state index contributed by atoms with van der Waals surface area (Å²) in [6.07, 6.45) is 5.19. The second-order valence-corrected chi connectivity index (χ2v) is 7.94. The first kappa shape index (κ1) is 17.6. The van der Waals surface area contributed by atoms with Crippen LogP contribution < -0.4 is 14.8 Å². The number of hydrogen-bond donors (Lipinski definition) is 1. The van der Waals surface area contributed by atoms with E-state index in [1.165, 1.54) is 32.2 Å². The minimum atomic E-state index is 0.455. The molecule has 3 aromatic rings. The van der Waals surface area contributed by atoms with Crippen molar-refractivity contribution in [1.82, 2.24) is 9.88 Å². The zero-order chi connectivity index (χ0) is 19.1. The summed E-state index contributed by atoms with van der Waals surface area (Å²) in [5.74, 6) is 1.44. The summed E-state index contributed by atoms with van der Waals surface area (Å²) >= 11 is 0. The van der Waals surface area contributed by atoms with Crippen LogP contribution in [0.5, 0.6) is 11.5 Å². The van der Waals surface area contributed by atoms with Crippen molar-refractivity contribution >= 4 is 27.5 Å². The van der Waals surface area contributed by atoms with E-state index < -0.39 is 0 Å². The average molecular weight is 377 g/mol. The molecule has 2 aliphatic rings. The molecule has 28 heavy (non-hydrogen) atoms. The number of ether oxygens (including phenoxy) is 2. The van der Waals surface area contributed by atoms with Crippen LogP contribution in [0, 0.1) is 0 Å². The van der Waals surface area contributed by atoms with Gasteiger partial charge in [-0.15, -0.1) is 0 Å². The van der Waals surface area contributed by atoms with Gasteiger partial charge in [0.15, 0.2) is 11.5 Å². The number of pyridine rings is 1. The molecule has 0 radical (unpaired) electrons. The van der Waals surface area contributed by atoms with E-state index in [2.05, 4.69) is 34.5 Å². The van der Waals surface area contributed by atoms with Gasteiger partial charge >= 0.3 is 0 Å². The Hall–Kier alpha value is -2.53. The SMILES string of the molecule is COc1cc2nc3ccccc3c(N[C@@H]3CCCN(C4CC4)C3)c2cc1OC. The summed E-state index contributed by atoms with van der Waals surface area (Å²) in [6, 6.07) is 13.7. The van der Waals surface area contributed by atoms with Crippen LogP contribution in [0.2, 0.25) is 0 Å². The van der Waals surface area contributed by atoms with Gasteiger partial charge in [0.2, 0.25) is 0 Å². The fourth-order valence-electron chi connectivity index (χ4n) is 4.47. The van der Waals surface area contributed by atoms with E-state index in [-0.39, 0.29) is 0 Å². The Morgan fingerprint density at radius 1 is 0.964 bits per heavy atom. The molecule has 1 N–H and O–H groups in total. The van der Waals surface area contributed by atoms with Crippen LogP contribution in [0.25, 0.3) is 21.8 Å². The first-order valence-corrected chi connectivity index (χ1v) is 10.2. The maximum absolute atomic E-state index is 5.57. The Bertz CT molecular complexity index is 1020. The zero-order valence-corrected chi connectivity index (χ0v) is 16.6. The molecule has 5 nitrogen and oxygen atoms in total. The van der Waals surface area contributed by atoms with Gasteiger partial charge in [0.05, 0.1) is 30.9 Å². The monoisotopic (exact) mass is 377 g/mol. The van der Waals surface area contributed by atoms with Gasteiger partial charge in [-0.2, -0.15) is 0 Å². The lowest BCUT2D eigenvalue weighted by Gasteiger charge is -2.34. The third-order valence-corrected chi connectivity index (χ3v) is 6.05. The number of nitrogens with zero attached hydrogens (tertiary/aromatic N) is 2. The summed E-state index contributed by atoms with van der Waals surface area (Å²) in [4.78, 5) is 7.55. The van der Waals surface area contributed by atoms with Crippen LogP contribution in [0.3, 0.4) is 0 Å². The van der Waals surface area contributed by atoms with Crippen LogP contribution in [0.4, 0.5) is 5.69 Å². The minimum absolute atomic E-state index is 0.455. The van der Waals surface area contributed by atoms with Crippen LogP contribution in [0.1, 0.15) is 25.7 Å². The van der Waals surface area contributed by atoms with E-state index in [1.54, 1.807) is 14.2 Å². The molecule has 1 saturated carbocycles. The van der Waals surface area contributed by atoms with E-state index in [4.69, 9.17) is 14.5 Å². The molecule has 5 heteroatoms. The lowest BCUT2D eigenvalue weighted by Crippen LogP contribution is -2.43. The number of fused-ring (bicyclic) bond motifs is 2. The van der Waals surface area contributed by atoms with E-state index in [0.29, 0.717) is 11.8 Å². The first-order valence-electron chi connectivity index (χ1n) is 10.2. The molecule has 0 amide bonds. The summed E-state index contributed by atoms with van der Waals surface area (Å²) in [5.41, 5.74) is 3.08. The molecule has 1 aromatic heterocycles. The molecule has 5 rings (SSSR count). The number of rotatable bonds is 5. The number of para-hydroxylation sites is 1. The van der Waals surface area contributed by atoms with Crippen LogP contribution in [-0.4, -0.2) is 49.3 Å². The van der Waals surface area contributed by atoms with Crippen molar-refractivity contribution < 1.29 is 9.47 Å². The van der Waals surface area contributed by atoms with Crippen molar-refractivity contribution in [2.24, 2.45) is 0 Å². The van der Waals surface area contributed by atoms with E-state index in [9.17, 15) is 0 Å². The van der Waals surface area contributed by atoms with Gasteiger partial charge in [-0.3, -0.25) is 4.90 Å². The van der Waals surface area contributed by atoms with Crippen LogP contribution in [-0.2, 0) is 0 Å². The Morgan fingerprint density at radius 2 is 1.75 bits per heavy atom. The van der Waals surface area contributed by atoms with Crippen molar-refractivity contribution in [1.29, 1.82) is 0 Å². The Labute approximate surface area is 165 Å². The summed E-state index contributed by atoms with van der Waals surface area (Å²) in [7, 11) is 3.35. The standard InChI is InChI=1S/C23H27N3O2/c1-27-21-12-18-20(13-22(21)28-2)25-19-8-4-3-7-17(19)23(18)24-15-6-5-11-26(14-15)16-9-10-16/h3-4,7-8,12-13,15-16H,5-6,9-11,14H2,1-2H3,(H,24,25)/t15-/m1/s1. The molecule has 2 heterocycles. The van der Waals surface area contributed by atoms with Gasteiger partial charge in [-0.25, -0.2) is 4.98 Å². The van der Waals surface area contributed by atoms with Gasteiger partial charge < -0.3 is 14.8 Å². The quantitative estimate of drug-likeness (QED) is 0.666. The smallest absolute Gasteiger partial charge is 0.162 e. The number of methoxy groups -OCH3 is 2. The molecule has 0 bridgehead atoms. The fraction of sp³-hybridized carbons (Fsp3) is 0.435. The van der Waals surface area contributed by atoms with E-state index in [1.807, 2.05) is 12.1 Å². The molecule has 2 fully saturated rings. The molecular formula is C23H27N3O2. The molecule has 0 unspecified atom stereocenters. The highest BCUT2D eigenvalue weighted by Crippen LogP contribution is 2.39. The molecule has 1 saturated heterocycles. The number of anilines is 1. The highest BCUT2D eigenvalue weighted by atomic mass is 16.5. The Kier molecular flexibility index (Phi) is 4.47. The molecule has 1 aliphatic heterocycles. The van der Waals surface area contributed by atoms with Crippen molar-refractivity contribution in [3.63, 3.8) is 0 Å². The molecule has 1 atom stereocenters. The molecule has 0 spiro atoms. The zero-order valence-electron chi connectivity index (χ0n) is 16.6. The normalized spacial score (nSPS) is 20.4. The second kappa shape index (κ2) is 7.13. The highest BCUT2D eigenvalue weighted by Gasteiger charge is 2.32. The van der Waals surface area contributed by atoms with Gasteiger partial charge in [-0.1, -0.05) is 18.2 Å². The van der Waals surface area contributed by atoms with E-state index in [0.717, 1.165) is 45.8 Å². The topological polar surface area (TPSA) is 46.6 Å². The summed E-state index contributed by atoms with van der Waals surface area (Å²) in [5, 5.41) is 6.13. The van der Waals surface area contributed by atoms with Gasteiger partial charge in [0, 0.05) is 35.5 Å². The van der Waals surface area contributed by atoms with Crippen molar-refractivity contribution in [2.45, 2.75) is 37.8 Å². The lowest BCUT2D eigenvalue weighted by atomic mass is 10.0. The largest absolute Gasteiger partial charge is 0.493 e. The maximum atomic E-state index is 5.57. The van der Waals surface area contributed by atoms with Gasteiger partial charge in [-0.05, 0) is 44.4 Å². The minimum Gasteiger partial charge on any atom is -0.493 e. The predicted octanol–water partition coefficient (Wildman–Crippen LogP) is 4.44. The third kappa shape index (κ3) is 3.14. The average Bonchev–Trinajstić information content (AvgIpc) is 3.58. The number of piperidine rings is 1. The second-order valence-electron chi connectivity index (χ2n) is 7.94. The highest BCUT2D eigenvalue weighted by molar-refractivity contribution is 6.08.